The topological polar surface area (TPSA) is 69.9 Å². The molecule has 11 heteroatoms. The van der Waals surface area contributed by atoms with Crippen molar-refractivity contribution in [1.29, 1.82) is 0 Å². The van der Waals surface area contributed by atoms with Crippen LogP contribution in [0.2, 0.25) is 15.1 Å². The van der Waals surface area contributed by atoms with Crippen LogP contribution in [0.25, 0.3) is 0 Å². The normalized spacial score (nSPS) is 10.8. The lowest BCUT2D eigenvalue weighted by molar-refractivity contribution is -0.0512. The number of carbonyl (C=O) groups is 1. The van der Waals surface area contributed by atoms with Crippen LogP contribution < -0.4 is 19.5 Å². The van der Waals surface area contributed by atoms with Gasteiger partial charge in [0.1, 0.15) is 12.4 Å². The molecule has 0 radical (unpaired) electrons. The molecule has 0 aliphatic heterocycles. The maximum absolute atomic E-state index is 12.4. The lowest BCUT2D eigenvalue weighted by Crippen LogP contribution is -2.11. The zero-order valence-corrected chi connectivity index (χ0v) is 18.0. The second-order valence-electron chi connectivity index (χ2n) is 5.95. The molecule has 0 fully saturated rings. The SMILES string of the molecule is COc1cc(NC(=O)c2ccc(COc3c(Cl)cc(Cl)cc3Cl)o2)ccc1OC(F)F. The molecule has 1 aromatic heterocycles. The molecular weight excluding hydrogens is 479 g/mol. The number of amides is 1. The summed E-state index contributed by atoms with van der Waals surface area (Å²) in [6, 6.07) is 9.94. The van der Waals surface area contributed by atoms with Gasteiger partial charge in [0, 0.05) is 16.8 Å². The van der Waals surface area contributed by atoms with E-state index in [0.29, 0.717) is 10.8 Å². The Kier molecular flexibility index (Phi) is 7.48. The van der Waals surface area contributed by atoms with Crippen LogP contribution in [0.3, 0.4) is 0 Å². The number of hydrogen-bond donors (Lipinski definition) is 1. The average Bonchev–Trinajstić information content (AvgIpc) is 3.17. The third-order valence-electron chi connectivity index (χ3n) is 3.84. The minimum absolute atomic E-state index is 0.00114. The molecule has 0 spiro atoms. The van der Waals surface area contributed by atoms with Gasteiger partial charge in [0.05, 0.1) is 17.2 Å². The Morgan fingerprint density at radius 3 is 2.42 bits per heavy atom. The third-order valence-corrected chi connectivity index (χ3v) is 4.62. The molecule has 2 aromatic carbocycles. The average molecular weight is 493 g/mol. The Balaban J connectivity index is 1.65. The molecule has 0 saturated carbocycles. The van der Waals surface area contributed by atoms with Crippen molar-refractivity contribution in [2.75, 3.05) is 12.4 Å². The van der Waals surface area contributed by atoms with Gasteiger partial charge in [0.15, 0.2) is 23.0 Å². The lowest BCUT2D eigenvalue weighted by Gasteiger charge is -2.11. The molecule has 1 N–H and O–H groups in total. The first-order valence-corrected chi connectivity index (χ1v) is 9.70. The zero-order valence-electron chi connectivity index (χ0n) is 15.8. The number of benzene rings is 2. The summed E-state index contributed by atoms with van der Waals surface area (Å²) in [6.07, 6.45) is 0. The molecular formula is C20H14Cl3F2NO5. The number of ether oxygens (including phenoxy) is 3. The summed E-state index contributed by atoms with van der Waals surface area (Å²) in [7, 11) is 1.29. The van der Waals surface area contributed by atoms with Gasteiger partial charge in [-0.2, -0.15) is 8.78 Å². The highest BCUT2D eigenvalue weighted by atomic mass is 35.5. The molecule has 0 aliphatic carbocycles. The summed E-state index contributed by atoms with van der Waals surface area (Å²) in [5.74, 6) is -0.133. The zero-order chi connectivity index (χ0) is 22.5. The highest BCUT2D eigenvalue weighted by Crippen LogP contribution is 2.36. The Bertz CT molecular complexity index is 1070. The molecule has 0 bridgehead atoms. The van der Waals surface area contributed by atoms with Crippen LogP contribution in [0.5, 0.6) is 17.2 Å². The van der Waals surface area contributed by atoms with E-state index >= 15 is 0 Å². The number of anilines is 1. The quantitative estimate of drug-likeness (QED) is 0.380. The molecule has 0 unspecified atom stereocenters. The number of nitrogens with one attached hydrogen (secondary N) is 1. The van der Waals surface area contributed by atoms with Crippen molar-refractivity contribution in [3.8, 4) is 17.2 Å². The van der Waals surface area contributed by atoms with Gasteiger partial charge in [-0.05, 0) is 36.4 Å². The number of carbonyl (C=O) groups excluding carboxylic acids is 1. The summed E-state index contributed by atoms with van der Waals surface area (Å²) in [5, 5.41) is 3.40. The van der Waals surface area contributed by atoms with Crippen LogP contribution in [-0.4, -0.2) is 19.6 Å². The smallest absolute Gasteiger partial charge is 0.387 e. The molecule has 0 saturated heterocycles. The van der Waals surface area contributed by atoms with E-state index in [1.165, 1.54) is 43.5 Å². The maximum atomic E-state index is 12.4. The van der Waals surface area contributed by atoms with Crippen molar-refractivity contribution in [3.05, 3.63) is 69.1 Å². The van der Waals surface area contributed by atoms with Gasteiger partial charge < -0.3 is 23.9 Å². The van der Waals surface area contributed by atoms with Crippen molar-refractivity contribution in [1.82, 2.24) is 0 Å². The molecule has 6 nitrogen and oxygen atoms in total. The van der Waals surface area contributed by atoms with E-state index in [1.54, 1.807) is 6.07 Å². The largest absolute Gasteiger partial charge is 0.493 e. The number of halogens is 5. The molecule has 1 amide bonds. The van der Waals surface area contributed by atoms with Gasteiger partial charge in [-0.3, -0.25) is 4.79 Å². The van der Waals surface area contributed by atoms with Crippen molar-refractivity contribution < 1.29 is 32.2 Å². The van der Waals surface area contributed by atoms with Gasteiger partial charge >= 0.3 is 6.61 Å². The first-order valence-electron chi connectivity index (χ1n) is 8.57. The first-order chi connectivity index (χ1) is 14.8. The summed E-state index contributed by atoms with van der Waals surface area (Å²) in [5.41, 5.74) is 0.289. The van der Waals surface area contributed by atoms with Crippen LogP contribution >= 0.6 is 34.8 Å². The van der Waals surface area contributed by atoms with E-state index in [1.807, 2.05) is 0 Å². The molecule has 3 aromatic rings. The first kappa shape index (κ1) is 23.0. The Hall–Kier alpha value is -2.68. The van der Waals surface area contributed by atoms with Gasteiger partial charge in [-0.15, -0.1) is 0 Å². The molecule has 0 aliphatic rings. The minimum atomic E-state index is -3.00. The van der Waals surface area contributed by atoms with Crippen molar-refractivity contribution >= 4 is 46.4 Å². The van der Waals surface area contributed by atoms with Gasteiger partial charge in [-0.1, -0.05) is 34.8 Å². The second-order valence-corrected chi connectivity index (χ2v) is 7.20. The highest BCUT2D eigenvalue weighted by molar-refractivity contribution is 6.40. The maximum Gasteiger partial charge on any atom is 0.387 e. The fraction of sp³-hybridized carbons (Fsp3) is 0.150. The third kappa shape index (κ3) is 5.94. The van der Waals surface area contributed by atoms with E-state index in [4.69, 9.17) is 48.7 Å². The van der Waals surface area contributed by atoms with Crippen LogP contribution in [0.1, 0.15) is 16.3 Å². The second kappa shape index (κ2) is 10.1. The number of hydrogen-bond acceptors (Lipinski definition) is 5. The molecule has 1 heterocycles. The molecule has 31 heavy (non-hydrogen) atoms. The number of rotatable bonds is 8. The fourth-order valence-electron chi connectivity index (χ4n) is 2.52. The summed E-state index contributed by atoms with van der Waals surface area (Å²) >= 11 is 18.0. The lowest BCUT2D eigenvalue weighted by atomic mass is 10.2. The van der Waals surface area contributed by atoms with E-state index in [2.05, 4.69) is 10.1 Å². The fourth-order valence-corrected chi connectivity index (χ4v) is 3.45. The van der Waals surface area contributed by atoms with Crippen LogP contribution in [0.4, 0.5) is 14.5 Å². The standard InChI is InChI=1S/C20H14Cl3F2NO5/c1-28-17-8-11(2-4-15(17)31-20(24)25)26-19(27)16-5-3-12(30-16)9-29-18-13(22)6-10(21)7-14(18)23/h2-8,20H,9H2,1H3,(H,26,27). The van der Waals surface area contributed by atoms with Gasteiger partial charge in [0.2, 0.25) is 0 Å². The van der Waals surface area contributed by atoms with Crippen molar-refractivity contribution in [3.63, 3.8) is 0 Å². The molecule has 3 rings (SSSR count). The highest BCUT2D eigenvalue weighted by Gasteiger charge is 2.16. The van der Waals surface area contributed by atoms with E-state index in [9.17, 15) is 13.6 Å². The number of alkyl halides is 2. The number of methoxy groups -OCH3 is 1. The van der Waals surface area contributed by atoms with Crippen LogP contribution in [-0.2, 0) is 6.61 Å². The minimum Gasteiger partial charge on any atom is -0.493 e. The van der Waals surface area contributed by atoms with E-state index in [0.717, 1.165) is 0 Å². The predicted molar refractivity (Wildman–Crippen MR) is 112 cm³/mol. The molecule has 0 atom stereocenters. The van der Waals surface area contributed by atoms with E-state index in [-0.39, 0.29) is 45.3 Å². The summed E-state index contributed by atoms with van der Waals surface area (Å²) in [4.78, 5) is 12.4. The Morgan fingerprint density at radius 1 is 1.06 bits per heavy atom. The van der Waals surface area contributed by atoms with Crippen LogP contribution in [0, 0.1) is 0 Å². The van der Waals surface area contributed by atoms with E-state index < -0.39 is 12.5 Å². The Labute approximate surface area is 190 Å². The predicted octanol–water partition coefficient (Wildman–Crippen LogP) is 6.68. The van der Waals surface area contributed by atoms with Crippen molar-refractivity contribution in [2.24, 2.45) is 0 Å². The van der Waals surface area contributed by atoms with Crippen LogP contribution in [0.15, 0.2) is 46.9 Å². The Morgan fingerprint density at radius 2 is 1.77 bits per heavy atom. The van der Waals surface area contributed by atoms with Crippen molar-refractivity contribution in [2.45, 2.75) is 13.2 Å². The number of furan rings is 1. The van der Waals surface area contributed by atoms with Gasteiger partial charge in [0.25, 0.3) is 5.91 Å². The summed E-state index contributed by atoms with van der Waals surface area (Å²) in [6.45, 7) is -3.04. The van der Waals surface area contributed by atoms with Gasteiger partial charge in [-0.25, -0.2) is 0 Å². The summed E-state index contributed by atoms with van der Waals surface area (Å²) < 4.78 is 45.2. The molecule has 164 valence electrons. The monoisotopic (exact) mass is 491 g/mol.